The van der Waals surface area contributed by atoms with Crippen LogP contribution in [0.2, 0.25) is 0 Å². The molecule has 0 spiro atoms. The van der Waals surface area contributed by atoms with E-state index in [1.807, 2.05) is 0 Å². The summed E-state index contributed by atoms with van der Waals surface area (Å²) >= 11 is 0. The van der Waals surface area contributed by atoms with E-state index in [4.69, 9.17) is 5.26 Å². The Kier molecular flexibility index (Phi) is 2.26. The van der Waals surface area contributed by atoms with Crippen LogP contribution < -0.4 is 0 Å². The minimum absolute atomic E-state index is 0.177. The minimum atomic E-state index is -2.20. The van der Waals surface area contributed by atoms with E-state index in [1.165, 1.54) is 0 Å². The summed E-state index contributed by atoms with van der Waals surface area (Å²) in [4.78, 5) is 0.367. The molecule has 2 rings (SSSR count). The average Bonchev–Trinajstić information content (AvgIpc) is 2.99. The number of hydrogen-bond donors (Lipinski definition) is 0. The topological polar surface area (TPSA) is 57.9 Å². The van der Waals surface area contributed by atoms with Crippen molar-refractivity contribution in [3.05, 3.63) is 23.8 Å². The molecule has 0 radical (unpaired) electrons. The predicted octanol–water partition coefficient (Wildman–Crippen LogP) is 1.08. The maximum Gasteiger partial charge on any atom is 0.217 e. The van der Waals surface area contributed by atoms with Crippen molar-refractivity contribution in [3.8, 4) is 6.07 Å². The van der Waals surface area contributed by atoms with Gasteiger partial charge in [-0.1, -0.05) is 6.08 Å². The summed E-state index contributed by atoms with van der Waals surface area (Å²) in [6.45, 7) is 0. The summed E-state index contributed by atoms with van der Waals surface area (Å²) in [5, 5.41) is 8.87. The van der Waals surface area contributed by atoms with Gasteiger partial charge in [0.1, 0.15) is 0 Å². The monoisotopic (exact) mass is 207 g/mol. The summed E-state index contributed by atoms with van der Waals surface area (Å²) < 4.78 is 21.9. The lowest BCUT2D eigenvalue weighted by molar-refractivity contribution is 0.624. The van der Waals surface area contributed by atoms with Crippen LogP contribution in [0.3, 0.4) is 0 Å². The predicted molar refractivity (Wildman–Crippen MR) is 53.0 cm³/mol. The molecule has 0 aromatic carbocycles. The zero-order chi connectivity index (χ0) is 10.1. The van der Waals surface area contributed by atoms with Crippen LogP contribution >= 0.6 is 0 Å². The average molecular weight is 207 g/mol. The lowest BCUT2D eigenvalue weighted by atomic mass is 9.88. The minimum Gasteiger partial charge on any atom is -0.193 e. The first kappa shape index (κ1) is 9.22. The Hall–Kier alpha value is -1.34. The van der Waals surface area contributed by atoms with Gasteiger partial charge in [0.05, 0.1) is 10.9 Å². The van der Waals surface area contributed by atoms with E-state index < -0.39 is 10.3 Å². The van der Waals surface area contributed by atoms with Gasteiger partial charge in [0.25, 0.3) is 0 Å². The van der Waals surface area contributed by atoms with Gasteiger partial charge in [-0.2, -0.15) is 13.7 Å². The number of allylic oxidation sites excluding steroid dienone is 4. The Labute approximate surface area is 83.9 Å². The molecule has 0 bridgehead atoms. The Morgan fingerprint density at radius 3 is 2.64 bits per heavy atom. The smallest absolute Gasteiger partial charge is 0.193 e. The molecule has 4 heteroatoms. The molecule has 0 aliphatic heterocycles. The van der Waals surface area contributed by atoms with E-state index in [2.05, 4.69) is 6.07 Å². The van der Waals surface area contributed by atoms with Crippen molar-refractivity contribution in [1.82, 2.24) is 0 Å². The summed E-state index contributed by atoms with van der Waals surface area (Å²) in [6, 6.07) is 2.08. The van der Waals surface area contributed by atoms with Gasteiger partial charge in [-0.05, 0) is 30.9 Å². The number of nitriles is 1. The van der Waals surface area contributed by atoms with Crippen LogP contribution in [0.25, 0.3) is 0 Å². The lowest BCUT2D eigenvalue weighted by Gasteiger charge is -2.15. The molecular weight excluding hydrogens is 198 g/mol. The zero-order valence-electron chi connectivity index (χ0n) is 7.47. The fraction of sp³-hybridized carbons (Fsp3) is 0.400. The van der Waals surface area contributed by atoms with Crippen molar-refractivity contribution in [2.24, 2.45) is 11.8 Å². The van der Waals surface area contributed by atoms with E-state index in [9.17, 15) is 8.42 Å². The molecule has 0 aromatic heterocycles. The third-order valence-corrected chi connectivity index (χ3v) is 3.37. The van der Waals surface area contributed by atoms with Crippen LogP contribution in [-0.2, 0) is 10.3 Å². The van der Waals surface area contributed by atoms with Gasteiger partial charge < -0.3 is 0 Å². The SMILES string of the molecule is N#CC1=CC=CC(=S(=O)=O)C1C1CC1. The van der Waals surface area contributed by atoms with E-state index >= 15 is 0 Å². The third kappa shape index (κ3) is 1.51. The molecule has 1 fully saturated rings. The molecule has 72 valence electrons. The molecule has 0 aromatic rings. The second-order valence-electron chi connectivity index (χ2n) is 3.55. The first-order valence-electron chi connectivity index (χ1n) is 4.48. The third-order valence-electron chi connectivity index (χ3n) is 2.59. The fourth-order valence-electron chi connectivity index (χ4n) is 1.79. The second kappa shape index (κ2) is 3.43. The van der Waals surface area contributed by atoms with Gasteiger partial charge in [-0.3, -0.25) is 0 Å². The first-order chi connectivity index (χ1) is 6.74. The van der Waals surface area contributed by atoms with Crippen molar-refractivity contribution >= 4 is 15.2 Å². The summed E-state index contributed by atoms with van der Waals surface area (Å²) in [7, 11) is -2.20. The number of rotatable bonds is 1. The lowest BCUT2D eigenvalue weighted by Crippen LogP contribution is -2.19. The number of hydrogen-bond acceptors (Lipinski definition) is 3. The van der Waals surface area contributed by atoms with Crippen molar-refractivity contribution in [3.63, 3.8) is 0 Å². The van der Waals surface area contributed by atoms with Gasteiger partial charge in [-0.15, -0.1) is 0 Å². The highest BCUT2D eigenvalue weighted by Crippen LogP contribution is 2.42. The van der Waals surface area contributed by atoms with Crippen LogP contribution in [0.1, 0.15) is 12.8 Å². The Morgan fingerprint density at radius 2 is 2.14 bits per heavy atom. The molecule has 2 aliphatic rings. The first-order valence-corrected chi connectivity index (χ1v) is 5.56. The maximum atomic E-state index is 10.9. The molecular formula is C10H9NO2S. The molecule has 2 aliphatic carbocycles. The Balaban J connectivity index is 2.49. The molecule has 14 heavy (non-hydrogen) atoms. The van der Waals surface area contributed by atoms with Crippen molar-refractivity contribution < 1.29 is 8.42 Å². The fourth-order valence-corrected chi connectivity index (χ4v) is 2.51. The van der Waals surface area contributed by atoms with E-state index in [0.29, 0.717) is 16.4 Å². The number of nitrogens with zero attached hydrogens (tertiary/aromatic N) is 1. The molecule has 3 nitrogen and oxygen atoms in total. The van der Waals surface area contributed by atoms with Gasteiger partial charge in [0.2, 0.25) is 10.3 Å². The Bertz CT molecular complexity index is 479. The van der Waals surface area contributed by atoms with Crippen LogP contribution in [0.4, 0.5) is 0 Å². The van der Waals surface area contributed by atoms with Crippen molar-refractivity contribution in [1.29, 1.82) is 5.26 Å². The summed E-state index contributed by atoms with van der Waals surface area (Å²) in [6.07, 6.45) is 6.98. The van der Waals surface area contributed by atoms with Crippen molar-refractivity contribution in [2.45, 2.75) is 12.8 Å². The quantitative estimate of drug-likeness (QED) is 0.604. The van der Waals surface area contributed by atoms with Crippen LogP contribution in [0, 0.1) is 23.2 Å². The molecule has 1 atom stereocenters. The van der Waals surface area contributed by atoms with E-state index in [0.717, 1.165) is 12.8 Å². The van der Waals surface area contributed by atoms with Gasteiger partial charge in [0.15, 0.2) is 0 Å². The standard InChI is InChI=1S/C10H9NO2S/c11-6-8-2-1-3-9(14(12)13)10(8)7-4-5-7/h1-3,7,10H,4-5H2. The van der Waals surface area contributed by atoms with Crippen molar-refractivity contribution in [2.75, 3.05) is 0 Å². The van der Waals surface area contributed by atoms with Crippen LogP contribution in [-0.4, -0.2) is 13.3 Å². The molecule has 0 saturated heterocycles. The highest BCUT2D eigenvalue weighted by atomic mass is 32.2. The largest absolute Gasteiger partial charge is 0.217 e. The molecule has 0 amide bonds. The van der Waals surface area contributed by atoms with Gasteiger partial charge in [-0.25, -0.2) is 0 Å². The van der Waals surface area contributed by atoms with E-state index in [1.54, 1.807) is 18.2 Å². The molecule has 1 saturated carbocycles. The summed E-state index contributed by atoms with van der Waals surface area (Å²) in [5.41, 5.74) is 0.578. The van der Waals surface area contributed by atoms with Crippen LogP contribution in [0.15, 0.2) is 23.8 Å². The maximum absolute atomic E-state index is 10.9. The van der Waals surface area contributed by atoms with Gasteiger partial charge >= 0.3 is 0 Å². The summed E-state index contributed by atoms with van der Waals surface area (Å²) in [5.74, 6) is 0.182. The molecule has 1 unspecified atom stereocenters. The molecule has 0 heterocycles. The highest BCUT2D eigenvalue weighted by molar-refractivity contribution is 7.73. The molecule has 0 N–H and O–H groups in total. The Morgan fingerprint density at radius 1 is 1.43 bits per heavy atom. The highest BCUT2D eigenvalue weighted by Gasteiger charge is 2.37. The van der Waals surface area contributed by atoms with Gasteiger partial charge in [0, 0.05) is 11.5 Å². The normalized spacial score (nSPS) is 25.5. The zero-order valence-corrected chi connectivity index (χ0v) is 8.29. The van der Waals surface area contributed by atoms with E-state index in [-0.39, 0.29) is 5.92 Å². The second-order valence-corrected chi connectivity index (χ2v) is 4.49. The van der Waals surface area contributed by atoms with Crippen LogP contribution in [0.5, 0.6) is 0 Å².